The normalized spacial score (nSPS) is 21.9. The van der Waals surface area contributed by atoms with Crippen molar-refractivity contribution >= 4 is 23.8 Å². The zero-order valence-electron chi connectivity index (χ0n) is 18.0. The van der Waals surface area contributed by atoms with E-state index in [-0.39, 0.29) is 11.8 Å². The zero-order chi connectivity index (χ0) is 22.1. The molecule has 1 heterocycles. The van der Waals surface area contributed by atoms with Crippen molar-refractivity contribution in [2.24, 2.45) is 5.41 Å². The van der Waals surface area contributed by atoms with Crippen LogP contribution in [0.4, 0.5) is 4.39 Å². The monoisotopic (exact) mass is 448 g/mol. The Balaban J connectivity index is 1.50. The Morgan fingerprint density at radius 1 is 1.22 bits per heavy atom. The molecule has 2 aromatic carbocycles. The van der Waals surface area contributed by atoms with Crippen molar-refractivity contribution < 1.29 is 13.9 Å². The van der Waals surface area contributed by atoms with Gasteiger partial charge in [0.1, 0.15) is 5.82 Å². The number of fused-ring (bicyclic) bond motifs is 2. The molecule has 164 valence electrons. The van der Waals surface area contributed by atoms with Crippen LogP contribution in [0.15, 0.2) is 71.3 Å². The average Bonchev–Trinajstić information content (AvgIpc) is 3.21. The molecule has 0 aliphatic heterocycles. The van der Waals surface area contributed by atoms with Crippen molar-refractivity contribution in [1.29, 1.82) is 0 Å². The number of carbonyl (C=O) groups excluding carboxylic acids is 1. The molecule has 0 bridgehead atoms. The van der Waals surface area contributed by atoms with Crippen molar-refractivity contribution in [3.05, 3.63) is 83.4 Å². The molecule has 0 amide bonds. The van der Waals surface area contributed by atoms with Gasteiger partial charge < -0.3 is 4.74 Å². The summed E-state index contributed by atoms with van der Waals surface area (Å²) in [6.07, 6.45) is 7.14. The van der Waals surface area contributed by atoms with Gasteiger partial charge >= 0.3 is 5.97 Å². The number of esters is 1. The molecule has 0 unspecified atom stereocenters. The molecule has 5 rings (SSSR count). The third-order valence-electron chi connectivity index (χ3n) is 6.40. The summed E-state index contributed by atoms with van der Waals surface area (Å²) in [7, 11) is 0. The van der Waals surface area contributed by atoms with E-state index in [1.165, 1.54) is 17.0 Å². The predicted octanol–water partition coefficient (Wildman–Crippen LogP) is 5.85. The lowest BCUT2D eigenvalue weighted by atomic mass is 9.64. The van der Waals surface area contributed by atoms with Crippen molar-refractivity contribution in [3.63, 3.8) is 0 Å². The summed E-state index contributed by atoms with van der Waals surface area (Å²) >= 11 is 1.85. The highest BCUT2D eigenvalue weighted by atomic mass is 32.2. The van der Waals surface area contributed by atoms with Crippen LogP contribution < -0.4 is 0 Å². The second-order valence-electron chi connectivity index (χ2n) is 8.39. The topological polar surface area (TPSA) is 44.1 Å². The van der Waals surface area contributed by atoms with Crippen LogP contribution in [0.5, 0.6) is 0 Å². The first-order valence-electron chi connectivity index (χ1n) is 11.0. The predicted molar refractivity (Wildman–Crippen MR) is 124 cm³/mol. The van der Waals surface area contributed by atoms with Gasteiger partial charge in [-0.25, -0.2) is 9.07 Å². The standard InChI is InChI=1S/C26H25FN2O2S/c1-2-31-25(30)26-15-18-17-28-29(21-11-9-20(27)10-12-21)24(18)14-19(26)8-13-23(16-26)32-22-6-4-3-5-7-22/h3-7,9-12,14,17,23H,2,8,13,15-16H2,1H3/t23-,26+/m1/s1. The summed E-state index contributed by atoms with van der Waals surface area (Å²) < 4.78 is 20.8. The minimum atomic E-state index is -0.648. The highest BCUT2D eigenvalue weighted by Crippen LogP contribution is 2.52. The van der Waals surface area contributed by atoms with Crippen LogP contribution in [-0.2, 0) is 16.0 Å². The van der Waals surface area contributed by atoms with Gasteiger partial charge in [0.05, 0.1) is 29.6 Å². The van der Waals surface area contributed by atoms with Gasteiger partial charge in [-0.05, 0) is 80.6 Å². The smallest absolute Gasteiger partial charge is 0.316 e. The Hall–Kier alpha value is -2.86. The molecule has 4 nitrogen and oxygen atoms in total. The van der Waals surface area contributed by atoms with Gasteiger partial charge in [0.15, 0.2) is 0 Å². The van der Waals surface area contributed by atoms with E-state index in [1.54, 1.807) is 12.1 Å². The molecule has 0 saturated heterocycles. The number of aromatic nitrogens is 2. The Morgan fingerprint density at radius 3 is 2.75 bits per heavy atom. The molecule has 1 fully saturated rings. The van der Waals surface area contributed by atoms with Gasteiger partial charge in [0.25, 0.3) is 0 Å². The molecular formula is C26H25FN2O2S. The lowest BCUT2D eigenvalue weighted by Crippen LogP contribution is -2.44. The van der Waals surface area contributed by atoms with Crippen molar-refractivity contribution in [2.45, 2.75) is 42.8 Å². The fourth-order valence-corrected chi connectivity index (χ4v) is 6.18. The summed E-state index contributed by atoms with van der Waals surface area (Å²) in [6, 6.07) is 16.7. The summed E-state index contributed by atoms with van der Waals surface area (Å²) in [6.45, 7) is 2.23. The summed E-state index contributed by atoms with van der Waals surface area (Å²) in [5.41, 5.74) is 3.28. The number of hydrogen-bond acceptors (Lipinski definition) is 4. The van der Waals surface area contributed by atoms with E-state index in [0.717, 1.165) is 41.8 Å². The van der Waals surface area contributed by atoms with Crippen LogP contribution in [0.3, 0.4) is 0 Å². The Bertz CT molecular complexity index is 1160. The number of nitrogens with zero attached hydrogens (tertiary/aromatic N) is 2. The third kappa shape index (κ3) is 3.77. The van der Waals surface area contributed by atoms with Gasteiger partial charge in [0, 0.05) is 10.1 Å². The van der Waals surface area contributed by atoms with Crippen LogP contribution in [0.1, 0.15) is 37.4 Å². The summed E-state index contributed by atoms with van der Waals surface area (Å²) in [5.74, 6) is -0.409. The molecule has 6 heteroatoms. The highest BCUT2D eigenvalue weighted by molar-refractivity contribution is 8.00. The SMILES string of the molecule is CCOC(=O)[C@]12Cc3cnn(-c4ccc(F)cc4)c3C=C1CC[C@@H](Sc1ccccc1)C2. The molecule has 1 saturated carbocycles. The Labute approximate surface area is 191 Å². The largest absolute Gasteiger partial charge is 0.465 e. The molecule has 2 aliphatic rings. The van der Waals surface area contributed by atoms with Gasteiger partial charge in [-0.15, -0.1) is 11.8 Å². The highest BCUT2D eigenvalue weighted by Gasteiger charge is 2.50. The van der Waals surface area contributed by atoms with Crippen LogP contribution in [0.25, 0.3) is 11.8 Å². The molecule has 1 aromatic heterocycles. The van der Waals surface area contributed by atoms with Crippen molar-refractivity contribution in [2.75, 3.05) is 6.61 Å². The lowest BCUT2D eigenvalue weighted by Gasteiger charge is -2.42. The van der Waals surface area contributed by atoms with E-state index in [1.807, 2.05) is 47.8 Å². The fraction of sp³-hybridized carbons (Fsp3) is 0.308. The number of hydrogen-bond donors (Lipinski definition) is 0. The number of rotatable bonds is 5. The number of carbonyl (C=O) groups is 1. The third-order valence-corrected chi connectivity index (χ3v) is 7.68. The van der Waals surface area contributed by atoms with Gasteiger partial charge in [-0.1, -0.05) is 23.8 Å². The number of halogens is 1. The summed E-state index contributed by atoms with van der Waals surface area (Å²) in [4.78, 5) is 14.6. The van der Waals surface area contributed by atoms with Crippen LogP contribution in [0, 0.1) is 11.2 Å². The van der Waals surface area contributed by atoms with Crippen molar-refractivity contribution in [1.82, 2.24) is 9.78 Å². The van der Waals surface area contributed by atoms with E-state index < -0.39 is 5.41 Å². The quantitative estimate of drug-likeness (QED) is 0.460. The number of ether oxygens (including phenoxy) is 1. The fourth-order valence-electron chi connectivity index (χ4n) is 4.88. The maximum Gasteiger partial charge on any atom is 0.316 e. The van der Waals surface area contributed by atoms with Crippen LogP contribution >= 0.6 is 11.8 Å². The number of thioether (sulfide) groups is 1. The minimum Gasteiger partial charge on any atom is -0.465 e. The van der Waals surface area contributed by atoms with E-state index >= 15 is 0 Å². The first-order chi connectivity index (χ1) is 15.6. The number of benzene rings is 2. The Kier molecular flexibility index (Phi) is 5.64. The molecule has 2 atom stereocenters. The molecule has 0 spiro atoms. The zero-order valence-corrected chi connectivity index (χ0v) is 18.8. The van der Waals surface area contributed by atoms with E-state index in [2.05, 4.69) is 23.3 Å². The van der Waals surface area contributed by atoms with Crippen LogP contribution in [-0.4, -0.2) is 27.6 Å². The van der Waals surface area contributed by atoms with Gasteiger partial charge in [0.2, 0.25) is 0 Å². The molecule has 3 aromatic rings. The first kappa shape index (κ1) is 21.0. The molecular weight excluding hydrogens is 423 g/mol. The molecule has 0 radical (unpaired) electrons. The molecule has 0 N–H and O–H groups in total. The molecule has 2 aliphatic carbocycles. The van der Waals surface area contributed by atoms with Crippen LogP contribution in [0.2, 0.25) is 0 Å². The van der Waals surface area contributed by atoms with E-state index in [0.29, 0.717) is 18.3 Å². The Morgan fingerprint density at radius 2 is 2.00 bits per heavy atom. The lowest BCUT2D eigenvalue weighted by molar-refractivity contribution is -0.154. The minimum absolute atomic E-state index is 0.134. The van der Waals surface area contributed by atoms with E-state index in [4.69, 9.17) is 4.74 Å². The van der Waals surface area contributed by atoms with Gasteiger partial charge in [-0.3, -0.25) is 4.79 Å². The van der Waals surface area contributed by atoms with Gasteiger partial charge in [-0.2, -0.15) is 5.10 Å². The second-order valence-corrected chi connectivity index (χ2v) is 9.76. The average molecular weight is 449 g/mol. The van der Waals surface area contributed by atoms with Crippen molar-refractivity contribution in [3.8, 4) is 5.69 Å². The second kappa shape index (κ2) is 8.58. The maximum absolute atomic E-state index is 13.4. The molecule has 32 heavy (non-hydrogen) atoms. The maximum atomic E-state index is 13.4. The van der Waals surface area contributed by atoms with E-state index in [9.17, 15) is 9.18 Å². The summed E-state index contributed by atoms with van der Waals surface area (Å²) in [5, 5.41) is 4.91. The first-order valence-corrected chi connectivity index (χ1v) is 11.9.